The zero-order chi connectivity index (χ0) is 21.9. The molecule has 32 heavy (non-hydrogen) atoms. The van der Waals surface area contributed by atoms with Crippen LogP contribution in [0, 0.1) is 5.82 Å². The molecule has 0 aliphatic rings. The third-order valence-electron chi connectivity index (χ3n) is 4.71. The fraction of sp³-hybridized carbons (Fsp3) is 0. The van der Waals surface area contributed by atoms with Gasteiger partial charge >= 0.3 is 0 Å². The molecule has 0 spiro atoms. The maximum Gasteiger partial charge on any atom is 0.256 e. The standard InChI is InChI=1S/C23H15FN6O2/c24-19-8-4-3-7-18(19)20-12-27-23(32-20)17-6-2-1-5-16(17)22(31)29-15-9-10-21(26-11-15)30-14-25-13-28-30/h1-14H,(H,29,31). The van der Waals surface area contributed by atoms with Crippen molar-refractivity contribution in [3.8, 4) is 28.6 Å². The number of oxazole rings is 1. The summed E-state index contributed by atoms with van der Waals surface area (Å²) in [6.07, 6.45) is 5.91. The third-order valence-corrected chi connectivity index (χ3v) is 4.71. The number of halogens is 1. The van der Waals surface area contributed by atoms with Crippen LogP contribution < -0.4 is 5.32 Å². The average molecular weight is 426 g/mol. The van der Waals surface area contributed by atoms with Gasteiger partial charge in [0.2, 0.25) is 5.89 Å². The molecule has 0 radical (unpaired) electrons. The Morgan fingerprint density at radius 1 is 0.938 bits per heavy atom. The maximum absolute atomic E-state index is 14.1. The lowest BCUT2D eigenvalue weighted by atomic mass is 10.1. The van der Waals surface area contributed by atoms with Crippen LogP contribution in [-0.2, 0) is 0 Å². The lowest BCUT2D eigenvalue weighted by Crippen LogP contribution is -2.13. The Morgan fingerprint density at radius 2 is 1.75 bits per heavy atom. The highest BCUT2D eigenvalue weighted by Crippen LogP contribution is 2.29. The Morgan fingerprint density at radius 3 is 2.50 bits per heavy atom. The molecule has 0 atom stereocenters. The van der Waals surface area contributed by atoms with E-state index in [1.807, 2.05) is 0 Å². The molecule has 3 aromatic heterocycles. The third kappa shape index (κ3) is 3.74. The number of benzene rings is 2. The Labute approximate surface area is 181 Å². The van der Waals surface area contributed by atoms with E-state index in [9.17, 15) is 9.18 Å². The van der Waals surface area contributed by atoms with E-state index < -0.39 is 5.82 Å². The SMILES string of the molecule is O=C(Nc1ccc(-n2cncn2)nc1)c1ccccc1-c1ncc(-c2ccccc2F)o1. The molecule has 0 aliphatic heterocycles. The quantitative estimate of drug-likeness (QED) is 0.448. The molecule has 1 N–H and O–H groups in total. The molecule has 0 fully saturated rings. The number of hydrogen-bond acceptors (Lipinski definition) is 6. The molecule has 1 amide bonds. The van der Waals surface area contributed by atoms with Crippen LogP contribution in [-0.4, -0.2) is 30.6 Å². The van der Waals surface area contributed by atoms with Gasteiger partial charge in [0.05, 0.1) is 29.2 Å². The van der Waals surface area contributed by atoms with Gasteiger partial charge in [-0.25, -0.2) is 24.0 Å². The number of nitrogens with one attached hydrogen (secondary N) is 1. The van der Waals surface area contributed by atoms with Gasteiger partial charge in [0.25, 0.3) is 5.91 Å². The molecule has 0 unspecified atom stereocenters. The number of pyridine rings is 1. The largest absolute Gasteiger partial charge is 0.436 e. The fourth-order valence-corrected chi connectivity index (χ4v) is 3.17. The maximum atomic E-state index is 14.1. The first-order valence-corrected chi connectivity index (χ1v) is 9.61. The number of rotatable bonds is 5. The summed E-state index contributed by atoms with van der Waals surface area (Å²) < 4.78 is 21.4. The van der Waals surface area contributed by atoms with Gasteiger partial charge in [0.15, 0.2) is 11.6 Å². The molecule has 0 aliphatic carbocycles. The zero-order valence-corrected chi connectivity index (χ0v) is 16.5. The van der Waals surface area contributed by atoms with Crippen molar-refractivity contribution >= 4 is 11.6 Å². The Kier molecular flexibility index (Phi) is 4.97. The topological polar surface area (TPSA) is 98.7 Å². The number of amides is 1. The van der Waals surface area contributed by atoms with E-state index >= 15 is 0 Å². The van der Waals surface area contributed by atoms with Crippen LogP contribution in [0.4, 0.5) is 10.1 Å². The minimum Gasteiger partial charge on any atom is -0.436 e. The van der Waals surface area contributed by atoms with Crippen LogP contribution in [0.1, 0.15) is 10.4 Å². The molecule has 0 saturated carbocycles. The normalized spacial score (nSPS) is 10.8. The van der Waals surface area contributed by atoms with Crippen molar-refractivity contribution in [2.45, 2.75) is 0 Å². The average Bonchev–Trinajstić information content (AvgIpc) is 3.53. The summed E-state index contributed by atoms with van der Waals surface area (Å²) in [6, 6.07) is 16.6. The molecular formula is C23H15FN6O2. The van der Waals surface area contributed by atoms with E-state index in [0.717, 1.165) is 0 Å². The zero-order valence-electron chi connectivity index (χ0n) is 16.5. The molecule has 9 heteroatoms. The second-order valence-electron chi connectivity index (χ2n) is 6.75. The highest BCUT2D eigenvalue weighted by atomic mass is 19.1. The number of nitrogens with zero attached hydrogens (tertiary/aromatic N) is 5. The number of carbonyl (C=O) groups is 1. The van der Waals surface area contributed by atoms with Gasteiger partial charge in [0.1, 0.15) is 18.5 Å². The number of carbonyl (C=O) groups excluding carboxylic acids is 1. The molecule has 8 nitrogen and oxygen atoms in total. The first-order valence-electron chi connectivity index (χ1n) is 9.61. The van der Waals surface area contributed by atoms with Gasteiger partial charge < -0.3 is 9.73 Å². The van der Waals surface area contributed by atoms with Crippen molar-refractivity contribution in [1.29, 1.82) is 0 Å². The predicted octanol–water partition coefficient (Wildman–Crippen LogP) is 4.38. The molecule has 0 bridgehead atoms. The Balaban J connectivity index is 1.40. The summed E-state index contributed by atoms with van der Waals surface area (Å²) in [5.74, 6) is 0.292. The van der Waals surface area contributed by atoms with Crippen LogP contribution in [0.25, 0.3) is 28.6 Å². The summed E-state index contributed by atoms with van der Waals surface area (Å²) in [4.78, 5) is 25.4. The number of hydrogen-bond donors (Lipinski definition) is 1. The number of aromatic nitrogens is 5. The number of anilines is 1. The van der Waals surface area contributed by atoms with Crippen molar-refractivity contribution in [3.63, 3.8) is 0 Å². The molecule has 3 heterocycles. The minimum atomic E-state index is -0.414. The van der Waals surface area contributed by atoms with Crippen LogP contribution in [0.3, 0.4) is 0 Å². The van der Waals surface area contributed by atoms with Gasteiger partial charge in [-0.1, -0.05) is 24.3 Å². The first-order chi connectivity index (χ1) is 15.7. The second kappa shape index (κ2) is 8.23. The monoisotopic (exact) mass is 426 g/mol. The Bertz CT molecular complexity index is 1380. The fourth-order valence-electron chi connectivity index (χ4n) is 3.17. The summed E-state index contributed by atoms with van der Waals surface area (Å²) in [5, 5.41) is 6.83. The smallest absolute Gasteiger partial charge is 0.256 e. The summed E-state index contributed by atoms with van der Waals surface area (Å²) >= 11 is 0. The molecule has 156 valence electrons. The molecular weight excluding hydrogens is 411 g/mol. The van der Waals surface area contributed by atoms with E-state index in [1.165, 1.54) is 35.8 Å². The summed E-state index contributed by atoms with van der Waals surface area (Å²) in [5.41, 5.74) is 1.65. The molecule has 2 aromatic carbocycles. The first kappa shape index (κ1) is 19.3. The Hall–Kier alpha value is -4.66. The van der Waals surface area contributed by atoms with E-state index in [-0.39, 0.29) is 17.6 Å². The van der Waals surface area contributed by atoms with E-state index in [2.05, 4.69) is 25.4 Å². The van der Waals surface area contributed by atoms with E-state index in [1.54, 1.807) is 54.6 Å². The van der Waals surface area contributed by atoms with Crippen molar-refractivity contribution < 1.29 is 13.6 Å². The van der Waals surface area contributed by atoms with Gasteiger partial charge in [-0.05, 0) is 36.4 Å². The second-order valence-corrected chi connectivity index (χ2v) is 6.75. The highest BCUT2D eigenvalue weighted by Gasteiger charge is 2.18. The molecule has 5 aromatic rings. The van der Waals surface area contributed by atoms with Crippen molar-refractivity contribution in [2.75, 3.05) is 5.32 Å². The van der Waals surface area contributed by atoms with Crippen LogP contribution in [0.2, 0.25) is 0 Å². The highest BCUT2D eigenvalue weighted by molar-refractivity contribution is 6.08. The van der Waals surface area contributed by atoms with Crippen LogP contribution >= 0.6 is 0 Å². The minimum absolute atomic E-state index is 0.216. The summed E-state index contributed by atoms with van der Waals surface area (Å²) in [6.45, 7) is 0. The lowest BCUT2D eigenvalue weighted by Gasteiger charge is -2.08. The van der Waals surface area contributed by atoms with Gasteiger partial charge in [-0.15, -0.1) is 0 Å². The van der Waals surface area contributed by atoms with Crippen LogP contribution in [0.5, 0.6) is 0 Å². The molecule has 5 rings (SSSR count). The molecule has 0 saturated heterocycles. The van der Waals surface area contributed by atoms with E-state index in [4.69, 9.17) is 4.42 Å². The predicted molar refractivity (Wildman–Crippen MR) is 114 cm³/mol. The summed E-state index contributed by atoms with van der Waals surface area (Å²) in [7, 11) is 0. The van der Waals surface area contributed by atoms with Gasteiger partial charge in [-0.3, -0.25) is 4.79 Å². The lowest BCUT2D eigenvalue weighted by molar-refractivity contribution is 0.102. The van der Waals surface area contributed by atoms with Crippen molar-refractivity contribution in [2.24, 2.45) is 0 Å². The van der Waals surface area contributed by atoms with E-state index in [0.29, 0.717) is 28.2 Å². The van der Waals surface area contributed by atoms with Crippen LogP contribution in [0.15, 0.2) is 90.1 Å². The van der Waals surface area contributed by atoms with Gasteiger partial charge in [0, 0.05) is 5.56 Å². The van der Waals surface area contributed by atoms with Crippen molar-refractivity contribution in [1.82, 2.24) is 24.7 Å². The van der Waals surface area contributed by atoms with Gasteiger partial charge in [-0.2, -0.15) is 5.10 Å². The van der Waals surface area contributed by atoms with Crippen molar-refractivity contribution in [3.05, 3.63) is 97.1 Å².